The molecule has 2 aromatic heterocycles. The zero-order valence-corrected chi connectivity index (χ0v) is 10.7. The normalized spacial score (nSPS) is 19.6. The van der Waals surface area contributed by atoms with Crippen LogP contribution >= 0.6 is 11.3 Å². The Morgan fingerprint density at radius 1 is 1.47 bits per heavy atom. The van der Waals surface area contributed by atoms with Gasteiger partial charge in [-0.25, -0.2) is 0 Å². The molecule has 2 aromatic rings. The fraction of sp³-hybridized carbons (Fsp3) is 0.545. The van der Waals surface area contributed by atoms with Crippen LogP contribution in [0.5, 0.6) is 0 Å². The van der Waals surface area contributed by atoms with Gasteiger partial charge in [0.25, 0.3) is 0 Å². The van der Waals surface area contributed by atoms with Crippen LogP contribution in [0.4, 0.5) is 0 Å². The molecule has 0 aromatic carbocycles. The van der Waals surface area contributed by atoms with Gasteiger partial charge in [0.2, 0.25) is 0 Å². The van der Waals surface area contributed by atoms with Gasteiger partial charge in [-0.05, 0) is 5.92 Å². The van der Waals surface area contributed by atoms with Gasteiger partial charge in [-0.15, -0.1) is 21.5 Å². The molecule has 0 amide bonds. The van der Waals surface area contributed by atoms with E-state index in [2.05, 4.69) is 38.9 Å². The molecule has 0 radical (unpaired) electrons. The molecule has 3 rings (SSSR count). The first-order valence-corrected chi connectivity index (χ1v) is 6.70. The largest absolute Gasteiger partial charge is 0.308 e. The maximum absolute atomic E-state index is 4.34. The molecule has 0 aliphatic carbocycles. The third kappa shape index (κ3) is 1.77. The summed E-state index contributed by atoms with van der Waals surface area (Å²) in [6, 6.07) is 0.304. The lowest BCUT2D eigenvalue weighted by molar-refractivity contribution is 0.339. The van der Waals surface area contributed by atoms with E-state index >= 15 is 0 Å². The first-order chi connectivity index (χ1) is 8.27. The van der Waals surface area contributed by atoms with Crippen LogP contribution in [0.1, 0.15) is 25.7 Å². The molecule has 6 heteroatoms. The van der Waals surface area contributed by atoms with E-state index in [9.17, 15) is 0 Å². The van der Waals surface area contributed by atoms with E-state index in [0.29, 0.717) is 12.0 Å². The number of nitrogens with one attached hydrogen (secondary N) is 1. The third-order valence-electron chi connectivity index (χ3n) is 3.08. The maximum atomic E-state index is 4.34. The summed E-state index contributed by atoms with van der Waals surface area (Å²) in [6.07, 6.45) is 1.86. The van der Waals surface area contributed by atoms with Gasteiger partial charge >= 0.3 is 0 Å². The summed E-state index contributed by atoms with van der Waals surface area (Å²) < 4.78 is 2.22. The monoisotopic (exact) mass is 249 g/mol. The minimum atomic E-state index is 0.304. The molecule has 0 spiro atoms. The molecular formula is C11H15N5S. The summed E-state index contributed by atoms with van der Waals surface area (Å²) in [5, 5.41) is 12.2. The van der Waals surface area contributed by atoms with E-state index in [4.69, 9.17) is 0 Å². The van der Waals surface area contributed by atoms with Crippen molar-refractivity contribution in [1.29, 1.82) is 0 Å². The number of hydrogen-bond acceptors (Lipinski definition) is 5. The molecule has 17 heavy (non-hydrogen) atoms. The van der Waals surface area contributed by atoms with Crippen LogP contribution in [0.2, 0.25) is 0 Å². The van der Waals surface area contributed by atoms with Crippen molar-refractivity contribution in [2.24, 2.45) is 5.92 Å². The number of thiazole rings is 1. The summed E-state index contributed by atoms with van der Waals surface area (Å²) in [5.74, 6) is 2.52. The van der Waals surface area contributed by atoms with Gasteiger partial charge in [0, 0.05) is 19.3 Å². The molecule has 1 unspecified atom stereocenters. The van der Waals surface area contributed by atoms with Crippen molar-refractivity contribution in [2.75, 3.05) is 6.54 Å². The Morgan fingerprint density at radius 2 is 2.35 bits per heavy atom. The van der Waals surface area contributed by atoms with Gasteiger partial charge < -0.3 is 9.88 Å². The molecule has 90 valence electrons. The molecule has 0 fully saturated rings. The molecule has 1 atom stereocenters. The van der Waals surface area contributed by atoms with Crippen molar-refractivity contribution in [1.82, 2.24) is 25.1 Å². The second-order valence-electron chi connectivity index (χ2n) is 4.57. The quantitative estimate of drug-likeness (QED) is 0.880. The highest BCUT2D eigenvalue weighted by atomic mass is 32.1. The summed E-state index contributed by atoms with van der Waals surface area (Å²) in [6.45, 7) is 6.31. The van der Waals surface area contributed by atoms with Crippen LogP contribution in [0, 0.1) is 5.92 Å². The fourth-order valence-corrected chi connectivity index (χ4v) is 2.84. The van der Waals surface area contributed by atoms with E-state index in [1.807, 2.05) is 11.7 Å². The summed E-state index contributed by atoms with van der Waals surface area (Å²) >= 11 is 1.61. The molecule has 1 aliphatic rings. The van der Waals surface area contributed by atoms with Gasteiger partial charge in [-0.3, -0.25) is 4.98 Å². The Kier molecular flexibility index (Phi) is 2.68. The number of nitrogens with zero attached hydrogens (tertiary/aromatic N) is 4. The summed E-state index contributed by atoms with van der Waals surface area (Å²) in [5.41, 5.74) is 1.83. The maximum Gasteiger partial charge on any atom is 0.175 e. The molecule has 3 heterocycles. The second kappa shape index (κ2) is 4.19. The van der Waals surface area contributed by atoms with Crippen molar-refractivity contribution in [3.05, 3.63) is 17.5 Å². The number of fused-ring (bicyclic) bond motifs is 1. The van der Waals surface area contributed by atoms with Crippen LogP contribution in [0.15, 0.2) is 11.7 Å². The molecule has 0 saturated carbocycles. The average Bonchev–Trinajstić information content (AvgIpc) is 2.96. The van der Waals surface area contributed by atoms with E-state index in [-0.39, 0.29) is 0 Å². The fourth-order valence-electron chi connectivity index (χ4n) is 2.23. The molecular weight excluding hydrogens is 234 g/mol. The minimum absolute atomic E-state index is 0.304. The first kappa shape index (κ1) is 10.9. The smallest absolute Gasteiger partial charge is 0.175 e. The Bertz CT molecular complexity index is 502. The van der Waals surface area contributed by atoms with Crippen molar-refractivity contribution in [3.8, 4) is 10.7 Å². The van der Waals surface area contributed by atoms with Gasteiger partial charge in [0.15, 0.2) is 11.6 Å². The Balaban J connectivity index is 2.05. The van der Waals surface area contributed by atoms with Gasteiger partial charge in [-0.2, -0.15) is 0 Å². The number of rotatable bonds is 2. The third-order valence-corrected chi connectivity index (χ3v) is 3.85. The van der Waals surface area contributed by atoms with Gasteiger partial charge in [0.1, 0.15) is 0 Å². The molecule has 1 N–H and O–H groups in total. The lowest BCUT2D eigenvalue weighted by Crippen LogP contribution is -2.36. The van der Waals surface area contributed by atoms with Gasteiger partial charge in [0.05, 0.1) is 16.4 Å². The van der Waals surface area contributed by atoms with Crippen LogP contribution in [0.3, 0.4) is 0 Å². The van der Waals surface area contributed by atoms with Crippen molar-refractivity contribution in [3.63, 3.8) is 0 Å². The second-order valence-corrected chi connectivity index (χ2v) is 5.46. The van der Waals surface area contributed by atoms with E-state index in [1.54, 1.807) is 11.3 Å². The van der Waals surface area contributed by atoms with E-state index in [1.165, 1.54) is 0 Å². The zero-order chi connectivity index (χ0) is 11.8. The van der Waals surface area contributed by atoms with Crippen molar-refractivity contribution < 1.29 is 0 Å². The summed E-state index contributed by atoms with van der Waals surface area (Å²) in [4.78, 5) is 5.19. The van der Waals surface area contributed by atoms with Crippen LogP contribution < -0.4 is 5.32 Å². The van der Waals surface area contributed by atoms with Crippen LogP contribution in [0.25, 0.3) is 10.7 Å². The van der Waals surface area contributed by atoms with E-state index < -0.39 is 0 Å². The Hall–Kier alpha value is -1.27. The summed E-state index contributed by atoms with van der Waals surface area (Å²) in [7, 11) is 0. The number of aromatic nitrogens is 4. The SMILES string of the molecule is CC(C)C1NCCn2c(-c3cncs3)nnc21. The average molecular weight is 249 g/mol. The van der Waals surface area contributed by atoms with Crippen molar-refractivity contribution in [2.45, 2.75) is 26.4 Å². The predicted molar refractivity (Wildman–Crippen MR) is 66.7 cm³/mol. The lowest BCUT2D eigenvalue weighted by Gasteiger charge is -2.27. The topological polar surface area (TPSA) is 55.6 Å². The van der Waals surface area contributed by atoms with Crippen LogP contribution in [-0.4, -0.2) is 26.3 Å². The minimum Gasteiger partial charge on any atom is -0.308 e. The highest BCUT2D eigenvalue weighted by Crippen LogP contribution is 2.28. The highest BCUT2D eigenvalue weighted by Gasteiger charge is 2.27. The van der Waals surface area contributed by atoms with Crippen molar-refractivity contribution >= 4 is 11.3 Å². The van der Waals surface area contributed by atoms with E-state index in [0.717, 1.165) is 29.6 Å². The standard InChI is InChI=1S/C11H15N5S/c1-7(2)9-11-15-14-10(8-5-12-6-17-8)16(11)4-3-13-9/h5-7,9,13H,3-4H2,1-2H3. The Morgan fingerprint density at radius 3 is 3.06 bits per heavy atom. The first-order valence-electron chi connectivity index (χ1n) is 5.82. The molecule has 0 bridgehead atoms. The molecule has 0 saturated heterocycles. The van der Waals surface area contributed by atoms with Gasteiger partial charge in [-0.1, -0.05) is 13.8 Å². The zero-order valence-electron chi connectivity index (χ0n) is 9.92. The molecule has 5 nitrogen and oxygen atoms in total. The van der Waals surface area contributed by atoms with Crippen LogP contribution in [-0.2, 0) is 6.54 Å². The highest BCUT2D eigenvalue weighted by molar-refractivity contribution is 7.13. The number of hydrogen-bond donors (Lipinski definition) is 1. The predicted octanol–water partition coefficient (Wildman–Crippen LogP) is 1.70. The molecule has 1 aliphatic heterocycles. The lowest BCUT2D eigenvalue weighted by atomic mass is 10.0. The Labute approximate surface area is 104 Å².